The lowest BCUT2D eigenvalue weighted by molar-refractivity contribution is -0.0994. The number of amides is 1. The van der Waals surface area contributed by atoms with Crippen LogP contribution in [0.25, 0.3) is 0 Å². The highest BCUT2D eigenvalue weighted by molar-refractivity contribution is 5.67. The second-order valence-corrected chi connectivity index (χ2v) is 5.84. The van der Waals surface area contributed by atoms with Gasteiger partial charge in [-0.15, -0.1) is 0 Å². The summed E-state index contributed by atoms with van der Waals surface area (Å²) in [5.74, 6) is -0.121. The van der Waals surface area contributed by atoms with Crippen molar-refractivity contribution in [3.8, 4) is 0 Å². The summed E-state index contributed by atoms with van der Waals surface area (Å²) in [5, 5.41) is 22.9. The van der Waals surface area contributed by atoms with Crippen LogP contribution in [0.3, 0.4) is 0 Å². The Morgan fingerprint density at radius 3 is 2.38 bits per heavy atom. The third-order valence-electron chi connectivity index (χ3n) is 3.65. The molecule has 0 aliphatic rings. The van der Waals surface area contributed by atoms with E-state index in [-0.39, 0.29) is 12.5 Å². The summed E-state index contributed by atoms with van der Waals surface area (Å²) in [5.41, 5.74) is -0.547. The Bertz CT molecular complexity index is 445. The van der Waals surface area contributed by atoms with Crippen LogP contribution in [0.4, 0.5) is 4.79 Å². The van der Waals surface area contributed by atoms with Gasteiger partial charge in [0.05, 0.1) is 12.1 Å². The van der Waals surface area contributed by atoms with Crippen molar-refractivity contribution in [1.29, 1.82) is 0 Å². The number of aliphatic hydroxyl groups excluding tert-OH is 1. The third kappa shape index (κ3) is 5.02. The maximum atomic E-state index is 11.7. The fourth-order valence-electron chi connectivity index (χ4n) is 2.02. The minimum absolute atomic E-state index is 0.121. The van der Waals surface area contributed by atoms with Gasteiger partial charge in [-0.2, -0.15) is 0 Å². The van der Waals surface area contributed by atoms with Crippen LogP contribution in [0.2, 0.25) is 0 Å². The number of ether oxygens (including phenoxy) is 1. The highest BCUT2D eigenvalue weighted by Crippen LogP contribution is 2.21. The van der Waals surface area contributed by atoms with Crippen LogP contribution in [-0.4, -0.2) is 34.1 Å². The van der Waals surface area contributed by atoms with Gasteiger partial charge in [-0.25, -0.2) is 4.79 Å². The Morgan fingerprint density at radius 2 is 1.86 bits per heavy atom. The molecule has 1 amide bonds. The van der Waals surface area contributed by atoms with E-state index < -0.39 is 23.8 Å². The number of alkyl carbamates (subject to hydrolysis) is 1. The zero-order chi connectivity index (χ0) is 16.0. The summed E-state index contributed by atoms with van der Waals surface area (Å²) in [6.45, 7) is 6.91. The van der Waals surface area contributed by atoms with Crippen LogP contribution in [-0.2, 0) is 11.3 Å². The van der Waals surface area contributed by atoms with E-state index in [1.165, 1.54) is 6.92 Å². The first kappa shape index (κ1) is 17.5. The Balaban J connectivity index is 2.50. The van der Waals surface area contributed by atoms with Gasteiger partial charge in [0.25, 0.3) is 0 Å². The highest BCUT2D eigenvalue weighted by atomic mass is 16.5. The number of rotatable bonds is 6. The first-order valence-corrected chi connectivity index (χ1v) is 7.12. The molecule has 5 heteroatoms. The number of nitrogens with one attached hydrogen (secondary N) is 1. The number of hydrogen-bond acceptors (Lipinski definition) is 4. The molecule has 0 spiro atoms. The SMILES string of the molecule is CC(C)[C@@H](O)[C@](C)(O)[C@H](C)NC(=O)OCc1ccccc1. The average Bonchev–Trinajstić information content (AvgIpc) is 2.45. The Hall–Kier alpha value is -1.59. The van der Waals surface area contributed by atoms with Crippen molar-refractivity contribution >= 4 is 6.09 Å². The number of carbonyl (C=O) groups is 1. The molecule has 0 aliphatic carbocycles. The van der Waals surface area contributed by atoms with Crippen molar-refractivity contribution in [2.24, 2.45) is 5.92 Å². The molecule has 0 unspecified atom stereocenters. The van der Waals surface area contributed by atoms with Gasteiger partial charge >= 0.3 is 6.09 Å². The van der Waals surface area contributed by atoms with Gasteiger partial charge in [-0.05, 0) is 25.3 Å². The summed E-state index contributed by atoms with van der Waals surface area (Å²) in [7, 11) is 0. The van der Waals surface area contributed by atoms with Crippen LogP contribution >= 0.6 is 0 Å². The first-order chi connectivity index (χ1) is 9.75. The van der Waals surface area contributed by atoms with E-state index >= 15 is 0 Å². The maximum absolute atomic E-state index is 11.7. The molecule has 5 nitrogen and oxygen atoms in total. The van der Waals surface area contributed by atoms with E-state index in [2.05, 4.69) is 5.32 Å². The molecular weight excluding hydrogens is 270 g/mol. The molecule has 0 aliphatic heterocycles. The average molecular weight is 295 g/mol. The lowest BCUT2D eigenvalue weighted by atomic mass is 9.85. The van der Waals surface area contributed by atoms with Crippen molar-refractivity contribution in [2.45, 2.75) is 52.0 Å². The zero-order valence-electron chi connectivity index (χ0n) is 13.0. The van der Waals surface area contributed by atoms with Crippen LogP contribution in [0.5, 0.6) is 0 Å². The lowest BCUT2D eigenvalue weighted by Crippen LogP contribution is -2.57. The van der Waals surface area contributed by atoms with Crippen molar-refractivity contribution in [3.05, 3.63) is 35.9 Å². The van der Waals surface area contributed by atoms with Gasteiger partial charge < -0.3 is 20.3 Å². The molecule has 1 aromatic carbocycles. The van der Waals surface area contributed by atoms with Gasteiger partial charge in [0, 0.05) is 0 Å². The van der Waals surface area contributed by atoms with E-state index in [9.17, 15) is 15.0 Å². The van der Waals surface area contributed by atoms with Gasteiger partial charge in [-0.1, -0.05) is 44.2 Å². The monoisotopic (exact) mass is 295 g/mol. The largest absolute Gasteiger partial charge is 0.445 e. The number of carbonyl (C=O) groups excluding carboxylic acids is 1. The summed E-state index contributed by atoms with van der Waals surface area (Å²) in [6, 6.07) is 8.69. The molecule has 0 heterocycles. The molecule has 0 fully saturated rings. The van der Waals surface area contributed by atoms with E-state index in [4.69, 9.17) is 4.74 Å². The number of aliphatic hydroxyl groups is 2. The Labute approximate surface area is 125 Å². The lowest BCUT2D eigenvalue weighted by Gasteiger charge is -2.36. The molecule has 0 bridgehead atoms. The second-order valence-electron chi connectivity index (χ2n) is 5.84. The fraction of sp³-hybridized carbons (Fsp3) is 0.562. The summed E-state index contributed by atoms with van der Waals surface area (Å²) in [6.07, 6.45) is -1.57. The third-order valence-corrected chi connectivity index (χ3v) is 3.65. The Kier molecular flexibility index (Phi) is 6.18. The van der Waals surface area contributed by atoms with E-state index in [0.717, 1.165) is 5.56 Å². The molecule has 0 saturated heterocycles. The van der Waals surface area contributed by atoms with Gasteiger partial charge in [0.1, 0.15) is 12.2 Å². The zero-order valence-corrected chi connectivity index (χ0v) is 13.0. The van der Waals surface area contributed by atoms with Crippen molar-refractivity contribution < 1.29 is 19.7 Å². The Morgan fingerprint density at radius 1 is 1.29 bits per heavy atom. The molecule has 118 valence electrons. The van der Waals surface area contributed by atoms with Crippen molar-refractivity contribution in [1.82, 2.24) is 5.32 Å². The highest BCUT2D eigenvalue weighted by Gasteiger charge is 2.38. The molecule has 0 aromatic heterocycles. The molecule has 3 N–H and O–H groups in total. The fourth-order valence-corrected chi connectivity index (χ4v) is 2.02. The molecule has 1 aromatic rings. The quantitative estimate of drug-likeness (QED) is 0.750. The first-order valence-electron chi connectivity index (χ1n) is 7.12. The van der Waals surface area contributed by atoms with Crippen molar-refractivity contribution in [3.63, 3.8) is 0 Å². The summed E-state index contributed by atoms with van der Waals surface area (Å²) >= 11 is 0. The molecule has 0 saturated carbocycles. The second kappa shape index (κ2) is 7.43. The van der Waals surface area contributed by atoms with Crippen LogP contribution in [0.15, 0.2) is 30.3 Å². The molecular formula is C16H25NO4. The number of hydrogen-bond donors (Lipinski definition) is 3. The molecule has 3 atom stereocenters. The predicted octanol–water partition coefficient (Wildman–Crippen LogP) is 2.07. The van der Waals surface area contributed by atoms with Crippen LogP contribution in [0, 0.1) is 5.92 Å². The van der Waals surface area contributed by atoms with E-state index in [0.29, 0.717) is 0 Å². The maximum Gasteiger partial charge on any atom is 0.407 e. The standard InChI is InChI=1S/C16H25NO4/c1-11(2)14(18)16(4,20)12(3)17-15(19)21-10-13-8-6-5-7-9-13/h5-9,11-12,14,18,20H,10H2,1-4H3,(H,17,19)/t12-,14+,16+/m0/s1. The van der Waals surface area contributed by atoms with Gasteiger partial charge in [0.2, 0.25) is 0 Å². The summed E-state index contributed by atoms with van der Waals surface area (Å²) < 4.78 is 5.09. The normalized spacial score (nSPS) is 16.9. The van der Waals surface area contributed by atoms with E-state index in [1.54, 1.807) is 20.8 Å². The van der Waals surface area contributed by atoms with Gasteiger partial charge in [0.15, 0.2) is 0 Å². The summed E-state index contributed by atoms with van der Waals surface area (Å²) in [4.78, 5) is 11.7. The number of benzene rings is 1. The molecule has 0 radical (unpaired) electrons. The topological polar surface area (TPSA) is 78.8 Å². The predicted molar refractivity (Wildman–Crippen MR) is 80.7 cm³/mol. The van der Waals surface area contributed by atoms with Crippen LogP contribution < -0.4 is 5.32 Å². The molecule has 1 rings (SSSR count). The van der Waals surface area contributed by atoms with Crippen molar-refractivity contribution in [2.75, 3.05) is 0 Å². The smallest absolute Gasteiger partial charge is 0.407 e. The van der Waals surface area contributed by atoms with E-state index in [1.807, 2.05) is 30.3 Å². The van der Waals surface area contributed by atoms with Gasteiger partial charge in [-0.3, -0.25) is 0 Å². The van der Waals surface area contributed by atoms with Crippen LogP contribution in [0.1, 0.15) is 33.3 Å². The molecule has 21 heavy (non-hydrogen) atoms. The minimum Gasteiger partial charge on any atom is -0.445 e. The minimum atomic E-state index is -1.43.